The van der Waals surface area contributed by atoms with Crippen LogP contribution in [0, 0.1) is 13.8 Å². The summed E-state index contributed by atoms with van der Waals surface area (Å²) in [5, 5.41) is 10.3. The summed E-state index contributed by atoms with van der Waals surface area (Å²) in [6, 6.07) is 22.4. The van der Waals surface area contributed by atoms with Crippen LogP contribution in [0.25, 0.3) is 5.69 Å². The van der Waals surface area contributed by atoms with Crippen LogP contribution in [-0.2, 0) is 4.79 Å². The van der Waals surface area contributed by atoms with Crippen LogP contribution in [0.3, 0.4) is 0 Å². The molecule has 170 valence electrons. The summed E-state index contributed by atoms with van der Waals surface area (Å²) in [4.78, 5) is 38.5. The second-order valence-electron chi connectivity index (χ2n) is 7.58. The molecule has 0 saturated heterocycles. The number of carbonyl (C=O) groups is 3. The average Bonchev–Trinajstić information content (AvgIpc) is 3.14. The van der Waals surface area contributed by atoms with Gasteiger partial charge in [0.15, 0.2) is 0 Å². The highest BCUT2D eigenvalue weighted by Crippen LogP contribution is 2.24. The van der Waals surface area contributed by atoms with E-state index in [9.17, 15) is 14.4 Å². The lowest BCUT2D eigenvalue weighted by Crippen LogP contribution is -2.25. The number of hydrogen-bond acceptors (Lipinski definition) is 4. The number of nitrogens with zero attached hydrogens (tertiary/aromatic N) is 2. The molecule has 0 atom stereocenters. The highest BCUT2D eigenvalue weighted by molar-refractivity contribution is 6.47. The number of benzene rings is 3. The number of carbonyl (C=O) groups excluding carboxylic acids is 3. The van der Waals surface area contributed by atoms with Crippen LogP contribution in [0.2, 0.25) is 5.02 Å². The molecule has 2 amide bonds. The minimum Gasteiger partial charge on any atom is -0.320 e. The van der Waals surface area contributed by atoms with Crippen molar-refractivity contribution >= 4 is 40.6 Å². The van der Waals surface area contributed by atoms with Gasteiger partial charge in [-0.3, -0.25) is 14.4 Å². The van der Waals surface area contributed by atoms with E-state index in [2.05, 4.69) is 15.7 Å². The Hall–Kier alpha value is -4.23. The van der Waals surface area contributed by atoms with Crippen LogP contribution in [0.4, 0.5) is 11.4 Å². The maximum absolute atomic E-state index is 13.1. The van der Waals surface area contributed by atoms with E-state index in [-0.39, 0.29) is 11.5 Å². The van der Waals surface area contributed by atoms with E-state index < -0.39 is 11.7 Å². The molecule has 2 N–H and O–H groups in total. The first-order chi connectivity index (χ1) is 16.3. The zero-order valence-corrected chi connectivity index (χ0v) is 19.3. The number of anilines is 2. The van der Waals surface area contributed by atoms with E-state index >= 15 is 0 Å². The lowest BCUT2D eigenvalue weighted by Gasteiger charge is -2.12. The first kappa shape index (κ1) is 22.9. The third kappa shape index (κ3) is 4.74. The van der Waals surface area contributed by atoms with Crippen LogP contribution in [-0.4, -0.2) is 27.4 Å². The number of para-hydroxylation sites is 3. The van der Waals surface area contributed by atoms with Gasteiger partial charge in [-0.05, 0) is 62.4 Å². The van der Waals surface area contributed by atoms with E-state index in [4.69, 9.17) is 11.6 Å². The van der Waals surface area contributed by atoms with Crippen molar-refractivity contribution in [1.82, 2.24) is 9.78 Å². The Morgan fingerprint density at radius 2 is 1.38 bits per heavy atom. The van der Waals surface area contributed by atoms with E-state index in [1.807, 2.05) is 30.3 Å². The number of ketones is 1. The summed E-state index contributed by atoms with van der Waals surface area (Å²) in [6.45, 7) is 3.43. The van der Waals surface area contributed by atoms with Gasteiger partial charge in [0.05, 0.1) is 34.0 Å². The molecule has 7 nitrogen and oxygen atoms in total. The molecule has 0 fully saturated rings. The predicted molar refractivity (Wildman–Crippen MR) is 132 cm³/mol. The molecule has 0 radical (unpaired) electrons. The fourth-order valence-corrected chi connectivity index (χ4v) is 3.71. The molecular formula is C26H21ClN4O3. The molecular weight excluding hydrogens is 452 g/mol. The Morgan fingerprint density at radius 1 is 0.794 bits per heavy atom. The molecule has 4 rings (SSSR count). The van der Waals surface area contributed by atoms with Gasteiger partial charge in [0.1, 0.15) is 0 Å². The summed E-state index contributed by atoms with van der Waals surface area (Å²) in [5.74, 6) is -1.91. The molecule has 0 aliphatic heterocycles. The molecule has 1 heterocycles. The second kappa shape index (κ2) is 9.72. The molecule has 0 spiro atoms. The Balaban J connectivity index is 1.55. The minimum atomic E-state index is -0.827. The fourth-order valence-electron chi connectivity index (χ4n) is 3.58. The van der Waals surface area contributed by atoms with Gasteiger partial charge in [-0.15, -0.1) is 0 Å². The molecule has 0 aliphatic carbocycles. The summed E-state index contributed by atoms with van der Waals surface area (Å²) in [6.07, 6.45) is 0. The van der Waals surface area contributed by atoms with Gasteiger partial charge in [0.2, 0.25) is 0 Å². The van der Waals surface area contributed by atoms with Gasteiger partial charge in [-0.25, -0.2) is 4.68 Å². The van der Waals surface area contributed by atoms with Crippen molar-refractivity contribution in [3.05, 3.63) is 106 Å². The highest BCUT2D eigenvalue weighted by atomic mass is 35.5. The summed E-state index contributed by atoms with van der Waals surface area (Å²) in [5.41, 5.74) is 3.10. The van der Waals surface area contributed by atoms with Gasteiger partial charge in [0, 0.05) is 10.6 Å². The second-order valence-corrected chi connectivity index (χ2v) is 8.02. The normalized spacial score (nSPS) is 10.6. The van der Waals surface area contributed by atoms with Crippen LogP contribution in [0.1, 0.15) is 32.1 Å². The van der Waals surface area contributed by atoms with Gasteiger partial charge in [-0.1, -0.05) is 41.9 Å². The SMILES string of the molecule is Cc1nn(-c2ccccc2)c(C)c1C(=O)C(=O)Nc1ccccc1NC(=O)c1ccc(Cl)cc1. The van der Waals surface area contributed by atoms with Crippen molar-refractivity contribution in [2.45, 2.75) is 13.8 Å². The Morgan fingerprint density at radius 3 is 2.03 bits per heavy atom. The molecule has 1 aromatic heterocycles. The maximum Gasteiger partial charge on any atom is 0.296 e. The van der Waals surface area contributed by atoms with Crippen molar-refractivity contribution in [1.29, 1.82) is 0 Å². The van der Waals surface area contributed by atoms with Gasteiger partial charge in [0.25, 0.3) is 17.6 Å². The Labute approximate surface area is 201 Å². The fraction of sp³-hybridized carbons (Fsp3) is 0.0769. The maximum atomic E-state index is 13.1. The average molecular weight is 473 g/mol. The molecule has 0 unspecified atom stereocenters. The minimum absolute atomic E-state index is 0.240. The van der Waals surface area contributed by atoms with Crippen molar-refractivity contribution in [3.63, 3.8) is 0 Å². The number of hydrogen-bond donors (Lipinski definition) is 2. The van der Waals surface area contributed by atoms with Crippen molar-refractivity contribution in [2.75, 3.05) is 10.6 Å². The van der Waals surface area contributed by atoms with Gasteiger partial charge >= 0.3 is 0 Å². The first-order valence-electron chi connectivity index (χ1n) is 10.5. The monoisotopic (exact) mass is 472 g/mol. The van der Waals surface area contributed by atoms with E-state index in [1.54, 1.807) is 67.1 Å². The summed E-state index contributed by atoms with van der Waals surface area (Å²) < 4.78 is 1.64. The van der Waals surface area contributed by atoms with Crippen LogP contribution in [0.5, 0.6) is 0 Å². The largest absolute Gasteiger partial charge is 0.320 e. The van der Waals surface area contributed by atoms with Crippen molar-refractivity contribution in [3.8, 4) is 5.69 Å². The lowest BCUT2D eigenvalue weighted by molar-refractivity contribution is -0.112. The topological polar surface area (TPSA) is 93.1 Å². The molecule has 0 bridgehead atoms. The number of rotatable bonds is 6. The lowest BCUT2D eigenvalue weighted by atomic mass is 10.1. The first-order valence-corrected chi connectivity index (χ1v) is 10.9. The molecule has 34 heavy (non-hydrogen) atoms. The number of Topliss-reactive ketones (excluding diaryl/α,β-unsaturated/α-hetero) is 1. The van der Waals surface area contributed by atoms with E-state index in [0.29, 0.717) is 33.3 Å². The van der Waals surface area contributed by atoms with E-state index in [0.717, 1.165) is 5.69 Å². The zero-order chi connectivity index (χ0) is 24.2. The molecule has 8 heteroatoms. The van der Waals surface area contributed by atoms with Crippen molar-refractivity contribution < 1.29 is 14.4 Å². The number of halogens is 1. The predicted octanol–water partition coefficient (Wildman–Crippen LogP) is 5.22. The Bertz CT molecular complexity index is 1380. The molecule has 0 saturated carbocycles. The molecule has 0 aliphatic rings. The number of aromatic nitrogens is 2. The van der Waals surface area contributed by atoms with Crippen LogP contribution < -0.4 is 10.6 Å². The standard InChI is InChI=1S/C26H21ClN4O3/c1-16-23(17(2)31(30-16)20-8-4-3-5-9-20)24(32)26(34)29-22-11-7-6-10-21(22)28-25(33)18-12-14-19(27)15-13-18/h3-15H,1-2H3,(H,28,33)(H,29,34). The quantitative estimate of drug-likeness (QED) is 0.297. The van der Waals surface area contributed by atoms with Crippen molar-refractivity contribution in [2.24, 2.45) is 0 Å². The third-order valence-corrected chi connectivity index (χ3v) is 5.51. The number of nitrogens with one attached hydrogen (secondary N) is 2. The summed E-state index contributed by atoms with van der Waals surface area (Å²) in [7, 11) is 0. The van der Waals surface area contributed by atoms with Gasteiger partial charge < -0.3 is 10.6 Å². The summed E-state index contributed by atoms with van der Waals surface area (Å²) >= 11 is 5.88. The molecule has 4 aromatic rings. The van der Waals surface area contributed by atoms with Crippen LogP contribution in [0.15, 0.2) is 78.9 Å². The Kier molecular flexibility index (Phi) is 6.56. The smallest absolute Gasteiger partial charge is 0.296 e. The molecule has 3 aromatic carbocycles. The van der Waals surface area contributed by atoms with Gasteiger partial charge in [-0.2, -0.15) is 5.10 Å². The third-order valence-electron chi connectivity index (χ3n) is 5.26. The number of aryl methyl sites for hydroxylation is 1. The number of amides is 2. The zero-order valence-electron chi connectivity index (χ0n) is 18.5. The van der Waals surface area contributed by atoms with Crippen LogP contribution >= 0.6 is 11.6 Å². The highest BCUT2D eigenvalue weighted by Gasteiger charge is 2.26. The van der Waals surface area contributed by atoms with E-state index in [1.165, 1.54) is 0 Å².